The number of aliphatic hydroxyl groups is 1. The van der Waals surface area contributed by atoms with Crippen molar-refractivity contribution >= 4 is 0 Å². The summed E-state index contributed by atoms with van der Waals surface area (Å²) in [4.78, 5) is 0. The van der Waals surface area contributed by atoms with Gasteiger partial charge in [-0.1, -0.05) is 13.8 Å². The lowest BCUT2D eigenvalue weighted by molar-refractivity contribution is 0.289. The maximum atomic E-state index is 8.49. The molecule has 0 spiro atoms. The molecule has 0 aliphatic rings. The van der Waals surface area contributed by atoms with Gasteiger partial charge in [-0.3, -0.25) is 0 Å². The van der Waals surface area contributed by atoms with Crippen LogP contribution >= 0.6 is 0 Å². The van der Waals surface area contributed by atoms with Crippen molar-refractivity contribution in [1.82, 2.24) is 0 Å². The third-order valence-electron chi connectivity index (χ3n) is 1.67. The fourth-order valence-electron chi connectivity index (χ4n) is 0.864. The van der Waals surface area contributed by atoms with Crippen molar-refractivity contribution in [3.63, 3.8) is 0 Å². The second-order valence-corrected chi connectivity index (χ2v) is 2.52. The molecule has 0 rings (SSSR count). The minimum absolute atomic E-state index is 0.283. The van der Waals surface area contributed by atoms with E-state index in [9.17, 15) is 0 Å². The van der Waals surface area contributed by atoms with Crippen LogP contribution in [0.2, 0.25) is 0 Å². The molecular formula is C10H18O. The van der Waals surface area contributed by atoms with E-state index in [1.165, 1.54) is 5.57 Å². The Hall–Kier alpha value is -0.520. The highest BCUT2D eigenvalue weighted by molar-refractivity contribution is 4.99. The first-order chi connectivity index (χ1) is 5.35. The Morgan fingerprint density at radius 3 is 2.45 bits per heavy atom. The van der Waals surface area contributed by atoms with Crippen molar-refractivity contribution in [2.45, 2.75) is 39.5 Å². The van der Waals surface area contributed by atoms with Crippen molar-refractivity contribution in [1.29, 1.82) is 0 Å². The largest absolute Gasteiger partial charge is 0.396 e. The number of aliphatic hydroxyl groups excluding tert-OH is 1. The van der Waals surface area contributed by atoms with Gasteiger partial charge in [0.15, 0.2) is 0 Å². The van der Waals surface area contributed by atoms with E-state index < -0.39 is 0 Å². The van der Waals surface area contributed by atoms with E-state index in [0.717, 1.165) is 25.7 Å². The Balaban J connectivity index is 3.72. The van der Waals surface area contributed by atoms with Crippen LogP contribution in [-0.2, 0) is 0 Å². The topological polar surface area (TPSA) is 20.2 Å². The van der Waals surface area contributed by atoms with E-state index in [4.69, 9.17) is 5.11 Å². The fourth-order valence-corrected chi connectivity index (χ4v) is 0.864. The van der Waals surface area contributed by atoms with Gasteiger partial charge in [0.25, 0.3) is 0 Å². The predicted octanol–water partition coefficient (Wildman–Crippen LogP) is 2.66. The Morgan fingerprint density at radius 1 is 1.36 bits per heavy atom. The monoisotopic (exact) mass is 154 g/mol. The number of hydrogen-bond acceptors (Lipinski definition) is 1. The van der Waals surface area contributed by atoms with Crippen molar-refractivity contribution in [3.8, 4) is 0 Å². The number of hydrogen-bond donors (Lipinski definition) is 1. The molecule has 0 saturated heterocycles. The van der Waals surface area contributed by atoms with Gasteiger partial charge < -0.3 is 5.11 Å². The molecule has 0 bridgehead atoms. The molecule has 0 atom stereocenters. The zero-order valence-corrected chi connectivity index (χ0v) is 7.56. The summed E-state index contributed by atoms with van der Waals surface area (Å²) in [6, 6.07) is 0. The van der Waals surface area contributed by atoms with Gasteiger partial charge in [-0.2, -0.15) is 0 Å². The van der Waals surface area contributed by atoms with Gasteiger partial charge in [-0.25, -0.2) is 0 Å². The lowest BCUT2D eigenvalue weighted by Crippen LogP contribution is -1.78. The standard InChI is InChI=1S/C10H18O/c1-3-10(4-2)8-6-5-7-9-11/h6,11H,3-5,7,9H2,1-2H3. The van der Waals surface area contributed by atoms with Crippen molar-refractivity contribution in [2.24, 2.45) is 0 Å². The summed E-state index contributed by atoms with van der Waals surface area (Å²) in [7, 11) is 0. The Kier molecular flexibility index (Phi) is 7.23. The lowest BCUT2D eigenvalue weighted by atomic mass is 10.1. The van der Waals surface area contributed by atoms with Crippen molar-refractivity contribution in [2.75, 3.05) is 6.61 Å². The summed E-state index contributed by atoms with van der Waals surface area (Å²) in [5.41, 5.74) is 4.60. The molecule has 0 radical (unpaired) electrons. The quantitative estimate of drug-likeness (QED) is 0.477. The highest BCUT2D eigenvalue weighted by Gasteiger charge is 1.84. The van der Waals surface area contributed by atoms with Crippen molar-refractivity contribution < 1.29 is 5.11 Å². The number of unbranched alkanes of at least 4 members (excludes halogenated alkanes) is 1. The summed E-state index contributed by atoms with van der Waals surface area (Å²) in [5.74, 6) is 0. The molecule has 0 aliphatic heterocycles. The summed E-state index contributed by atoms with van der Waals surface area (Å²) in [6.45, 7) is 4.57. The van der Waals surface area contributed by atoms with Gasteiger partial charge in [-0.05, 0) is 37.3 Å². The first-order valence-electron chi connectivity index (χ1n) is 4.38. The third kappa shape index (κ3) is 5.90. The van der Waals surface area contributed by atoms with Crippen LogP contribution < -0.4 is 0 Å². The second-order valence-electron chi connectivity index (χ2n) is 2.52. The van der Waals surface area contributed by atoms with Gasteiger partial charge in [0.05, 0.1) is 0 Å². The molecule has 1 nitrogen and oxygen atoms in total. The highest BCUT2D eigenvalue weighted by atomic mass is 16.2. The molecule has 0 amide bonds. The van der Waals surface area contributed by atoms with Crippen LogP contribution in [0.4, 0.5) is 0 Å². The van der Waals surface area contributed by atoms with E-state index in [2.05, 4.69) is 19.6 Å². The number of rotatable bonds is 5. The Labute approximate surface area is 69.4 Å². The van der Waals surface area contributed by atoms with Gasteiger partial charge >= 0.3 is 0 Å². The molecule has 0 aromatic carbocycles. The Bertz CT molecular complexity index is 135. The molecule has 0 unspecified atom stereocenters. The molecule has 0 aliphatic carbocycles. The maximum Gasteiger partial charge on any atom is 0.0434 e. The molecule has 64 valence electrons. The lowest BCUT2D eigenvalue weighted by Gasteiger charge is -1.92. The van der Waals surface area contributed by atoms with Gasteiger partial charge in [0.2, 0.25) is 0 Å². The molecule has 0 aromatic heterocycles. The second kappa shape index (κ2) is 7.59. The third-order valence-corrected chi connectivity index (χ3v) is 1.67. The van der Waals surface area contributed by atoms with Crippen LogP contribution in [-0.4, -0.2) is 11.7 Å². The molecule has 0 fully saturated rings. The average Bonchev–Trinajstić information content (AvgIpc) is 2.05. The SMILES string of the molecule is CCC(=C=CCCCO)CC. The first-order valence-corrected chi connectivity index (χ1v) is 4.38. The predicted molar refractivity (Wildman–Crippen MR) is 48.5 cm³/mol. The minimum Gasteiger partial charge on any atom is -0.396 e. The summed E-state index contributed by atoms with van der Waals surface area (Å²) in [6.07, 6.45) is 6.00. The van der Waals surface area contributed by atoms with Crippen LogP contribution in [0, 0.1) is 0 Å². The summed E-state index contributed by atoms with van der Waals surface area (Å²) >= 11 is 0. The van der Waals surface area contributed by atoms with Gasteiger partial charge in [0, 0.05) is 6.61 Å². The molecule has 0 heterocycles. The van der Waals surface area contributed by atoms with E-state index in [1.807, 2.05) is 6.08 Å². The molecule has 0 aromatic rings. The summed E-state index contributed by atoms with van der Waals surface area (Å²) in [5, 5.41) is 8.49. The Morgan fingerprint density at radius 2 is 2.00 bits per heavy atom. The molecule has 1 N–H and O–H groups in total. The van der Waals surface area contributed by atoms with Gasteiger partial charge in [-0.15, -0.1) is 5.73 Å². The fraction of sp³-hybridized carbons (Fsp3) is 0.700. The summed E-state index contributed by atoms with van der Waals surface area (Å²) < 4.78 is 0. The zero-order valence-electron chi connectivity index (χ0n) is 7.56. The number of allylic oxidation sites excluding steroid dienone is 1. The van der Waals surface area contributed by atoms with Crippen LogP contribution in [0.3, 0.4) is 0 Å². The molecular weight excluding hydrogens is 136 g/mol. The van der Waals surface area contributed by atoms with Gasteiger partial charge in [0.1, 0.15) is 0 Å². The normalized spacial score (nSPS) is 9.00. The maximum absolute atomic E-state index is 8.49. The van der Waals surface area contributed by atoms with E-state index in [0.29, 0.717) is 0 Å². The molecule has 11 heavy (non-hydrogen) atoms. The first kappa shape index (κ1) is 10.5. The van der Waals surface area contributed by atoms with E-state index in [1.54, 1.807) is 0 Å². The minimum atomic E-state index is 0.283. The smallest absolute Gasteiger partial charge is 0.0434 e. The van der Waals surface area contributed by atoms with Crippen LogP contribution in [0.5, 0.6) is 0 Å². The highest BCUT2D eigenvalue weighted by Crippen LogP contribution is 2.02. The van der Waals surface area contributed by atoms with Crippen LogP contribution in [0.1, 0.15) is 39.5 Å². The zero-order chi connectivity index (χ0) is 8.53. The van der Waals surface area contributed by atoms with Crippen LogP contribution in [0.25, 0.3) is 0 Å². The van der Waals surface area contributed by atoms with Crippen LogP contribution in [0.15, 0.2) is 17.4 Å². The molecule has 1 heteroatoms. The average molecular weight is 154 g/mol. The van der Waals surface area contributed by atoms with E-state index in [-0.39, 0.29) is 6.61 Å². The molecule has 0 saturated carbocycles. The van der Waals surface area contributed by atoms with E-state index >= 15 is 0 Å². The van der Waals surface area contributed by atoms with Crippen molar-refractivity contribution in [3.05, 3.63) is 17.4 Å².